The Bertz CT molecular complexity index is 649. The molecule has 0 saturated carbocycles. The number of benzene rings is 1. The summed E-state index contributed by atoms with van der Waals surface area (Å²) in [6, 6.07) is 2.27. The van der Waals surface area contributed by atoms with Crippen LogP contribution in [0.15, 0.2) is 21.5 Å². The SMILES string of the molecule is COC(=O)CN(C(C)C)S(=O)(=O)c1cc(Cl)cc(N)c1Br. The molecule has 0 fully saturated rings. The van der Waals surface area contributed by atoms with Crippen molar-refractivity contribution in [3.63, 3.8) is 0 Å². The van der Waals surface area contributed by atoms with E-state index >= 15 is 0 Å². The molecule has 0 aromatic heterocycles. The highest BCUT2D eigenvalue weighted by Crippen LogP contribution is 2.33. The Morgan fingerprint density at radius 2 is 2.05 bits per heavy atom. The lowest BCUT2D eigenvalue weighted by Crippen LogP contribution is -2.41. The number of carbonyl (C=O) groups is 1. The first-order valence-corrected chi connectivity index (χ1v) is 8.55. The van der Waals surface area contributed by atoms with Crippen molar-refractivity contribution in [1.82, 2.24) is 4.31 Å². The Hall–Kier alpha value is -0.830. The lowest BCUT2D eigenvalue weighted by molar-refractivity contribution is -0.141. The molecule has 21 heavy (non-hydrogen) atoms. The fourth-order valence-corrected chi connectivity index (χ4v) is 4.47. The molecule has 0 heterocycles. The number of nitrogens with zero attached hydrogens (tertiary/aromatic N) is 1. The van der Waals surface area contributed by atoms with Crippen LogP contribution in [0.5, 0.6) is 0 Å². The third-order valence-electron chi connectivity index (χ3n) is 2.71. The summed E-state index contributed by atoms with van der Waals surface area (Å²) in [7, 11) is -2.76. The quantitative estimate of drug-likeness (QED) is 0.606. The Morgan fingerprint density at radius 1 is 1.48 bits per heavy atom. The van der Waals surface area contributed by atoms with E-state index in [1.807, 2.05) is 0 Å². The second-order valence-corrected chi connectivity index (χ2v) is 7.62. The van der Waals surface area contributed by atoms with Crippen molar-refractivity contribution in [2.24, 2.45) is 0 Å². The van der Waals surface area contributed by atoms with Crippen LogP contribution < -0.4 is 5.73 Å². The van der Waals surface area contributed by atoms with Gasteiger partial charge >= 0.3 is 5.97 Å². The molecular weight excluding hydrogens is 384 g/mol. The number of carbonyl (C=O) groups excluding carboxylic acids is 1. The number of nitrogen functional groups attached to an aromatic ring is 1. The van der Waals surface area contributed by atoms with Crippen molar-refractivity contribution in [2.45, 2.75) is 24.8 Å². The van der Waals surface area contributed by atoms with Gasteiger partial charge in [0.05, 0.1) is 16.5 Å². The maximum absolute atomic E-state index is 12.7. The monoisotopic (exact) mass is 398 g/mol. The first-order valence-electron chi connectivity index (χ1n) is 5.94. The van der Waals surface area contributed by atoms with Gasteiger partial charge in [-0.15, -0.1) is 0 Å². The smallest absolute Gasteiger partial charge is 0.321 e. The van der Waals surface area contributed by atoms with E-state index in [0.29, 0.717) is 0 Å². The zero-order valence-electron chi connectivity index (χ0n) is 11.8. The molecule has 0 aliphatic heterocycles. The van der Waals surface area contributed by atoms with Crippen LogP contribution in [-0.2, 0) is 19.6 Å². The lowest BCUT2D eigenvalue weighted by atomic mass is 10.3. The summed E-state index contributed by atoms with van der Waals surface area (Å²) in [4.78, 5) is 11.3. The largest absolute Gasteiger partial charge is 0.468 e. The molecule has 6 nitrogen and oxygen atoms in total. The zero-order chi connectivity index (χ0) is 16.4. The maximum Gasteiger partial charge on any atom is 0.321 e. The molecule has 0 radical (unpaired) electrons. The van der Waals surface area contributed by atoms with Crippen LogP contribution in [0, 0.1) is 0 Å². The van der Waals surface area contributed by atoms with Gasteiger partial charge in [-0.3, -0.25) is 4.79 Å². The number of sulfonamides is 1. The van der Waals surface area contributed by atoms with Crippen molar-refractivity contribution >= 4 is 49.2 Å². The summed E-state index contributed by atoms with van der Waals surface area (Å²) in [6.45, 7) is 2.92. The van der Waals surface area contributed by atoms with Crippen molar-refractivity contribution in [3.8, 4) is 0 Å². The van der Waals surface area contributed by atoms with E-state index in [1.54, 1.807) is 13.8 Å². The minimum atomic E-state index is -3.96. The van der Waals surface area contributed by atoms with Crippen LogP contribution in [-0.4, -0.2) is 38.4 Å². The second-order valence-electron chi connectivity index (χ2n) is 4.53. The van der Waals surface area contributed by atoms with Crippen LogP contribution in [0.2, 0.25) is 5.02 Å². The molecule has 1 rings (SSSR count). The molecule has 0 spiro atoms. The van der Waals surface area contributed by atoms with Gasteiger partial charge in [0.2, 0.25) is 10.0 Å². The van der Waals surface area contributed by atoms with Gasteiger partial charge in [-0.2, -0.15) is 4.31 Å². The van der Waals surface area contributed by atoms with Crippen molar-refractivity contribution < 1.29 is 17.9 Å². The normalized spacial score (nSPS) is 12.0. The van der Waals surface area contributed by atoms with Crippen LogP contribution in [0.1, 0.15) is 13.8 Å². The molecule has 1 aromatic rings. The molecule has 0 atom stereocenters. The van der Waals surface area contributed by atoms with Gasteiger partial charge in [0.25, 0.3) is 0 Å². The standard InChI is InChI=1S/C12H16BrClN2O4S/c1-7(2)16(6-11(17)20-3)21(18,19)10-5-8(14)4-9(15)12(10)13/h4-5,7H,6,15H2,1-3H3. The van der Waals surface area contributed by atoms with E-state index in [-0.39, 0.29) is 20.1 Å². The van der Waals surface area contributed by atoms with Gasteiger partial charge in [0, 0.05) is 16.8 Å². The second kappa shape index (κ2) is 6.95. The number of hydrogen-bond donors (Lipinski definition) is 1. The number of esters is 1. The average molecular weight is 400 g/mol. The predicted octanol–water partition coefficient (Wildman–Crippen LogP) is 2.26. The molecular formula is C12H16BrClN2O4S. The van der Waals surface area contributed by atoms with Gasteiger partial charge in [-0.05, 0) is 41.9 Å². The van der Waals surface area contributed by atoms with Gasteiger partial charge in [0.15, 0.2) is 0 Å². The Labute approximate surface area is 137 Å². The minimum absolute atomic E-state index is 0.0925. The Kier molecular flexibility index (Phi) is 6.03. The van der Waals surface area contributed by atoms with E-state index in [1.165, 1.54) is 19.2 Å². The zero-order valence-corrected chi connectivity index (χ0v) is 14.9. The number of methoxy groups -OCH3 is 1. The van der Waals surface area contributed by atoms with Gasteiger partial charge in [0.1, 0.15) is 6.54 Å². The number of rotatable bonds is 5. The number of hydrogen-bond acceptors (Lipinski definition) is 5. The van der Waals surface area contributed by atoms with Crippen LogP contribution >= 0.6 is 27.5 Å². The summed E-state index contributed by atoms with van der Waals surface area (Å²) in [6.07, 6.45) is 0. The maximum atomic E-state index is 12.7. The molecule has 1 aromatic carbocycles. The van der Waals surface area contributed by atoms with E-state index in [9.17, 15) is 13.2 Å². The minimum Gasteiger partial charge on any atom is -0.468 e. The highest BCUT2D eigenvalue weighted by molar-refractivity contribution is 9.10. The van der Waals surface area contributed by atoms with Crippen LogP contribution in [0.25, 0.3) is 0 Å². The molecule has 0 amide bonds. The lowest BCUT2D eigenvalue weighted by Gasteiger charge is -2.25. The molecule has 118 valence electrons. The summed E-state index contributed by atoms with van der Waals surface area (Å²) in [5.74, 6) is -0.654. The molecule has 0 aliphatic rings. The average Bonchev–Trinajstić information content (AvgIpc) is 2.38. The summed E-state index contributed by atoms with van der Waals surface area (Å²) in [5.41, 5.74) is 5.91. The topological polar surface area (TPSA) is 89.7 Å². The molecule has 9 heteroatoms. The van der Waals surface area contributed by atoms with Crippen LogP contribution in [0.4, 0.5) is 5.69 Å². The third kappa shape index (κ3) is 4.09. The van der Waals surface area contributed by atoms with Crippen molar-refractivity contribution in [3.05, 3.63) is 21.6 Å². The highest BCUT2D eigenvalue weighted by Gasteiger charge is 2.31. The highest BCUT2D eigenvalue weighted by atomic mass is 79.9. The summed E-state index contributed by atoms with van der Waals surface area (Å²) >= 11 is 9.02. The van der Waals surface area contributed by atoms with E-state index in [2.05, 4.69) is 20.7 Å². The van der Waals surface area contributed by atoms with Crippen molar-refractivity contribution in [1.29, 1.82) is 0 Å². The predicted molar refractivity (Wildman–Crippen MR) is 84.6 cm³/mol. The van der Waals surface area contributed by atoms with E-state index in [4.69, 9.17) is 17.3 Å². The number of anilines is 1. The molecule has 0 unspecified atom stereocenters. The Balaban J connectivity index is 3.40. The van der Waals surface area contributed by atoms with E-state index < -0.39 is 28.6 Å². The first-order chi connectivity index (χ1) is 9.61. The van der Waals surface area contributed by atoms with Gasteiger partial charge in [-0.25, -0.2) is 8.42 Å². The summed E-state index contributed by atoms with van der Waals surface area (Å²) < 4.78 is 31.2. The Morgan fingerprint density at radius 3 is 2.52 bits per heavy atom. The first kappa shape index (κ1) is 18.2. The van der Waals surface area contributed by atoms with Crippen molar-refractivity contribution in [2.75, 3.05) is 19.4 Å². The van der Waals surface area contributed by atoms with E-state index in [0.717, 1.165) is 4.31 Å². The molecule has 0 saturated heterocycles. The van der Waals surface area contributed by atoms with Gasteiger partial charge < -0.3 is 10.5 Å². The number of nitrogens with two attached hydrogens (primary N) is 1. The number of ether oxygens (including phenoxy) is 1. The van der Waals surface area contributed by atoms with Crippen LogP contribution in [0.3, 0.4) is 0 Å². The summed E-state index contributed by atoms with van der Waals surface area (Å²) in [5, 5.41) is 0.191. The molecule has 2 N–H and O–H groups in total. The number of halogens is 2. The van der Waals surface area contributed by atoms with Gasteiger partial charge in [-0.1, -0.05) is 11.6 Å². The fraction of sp³-hybridized carbons (Fsp3) is 0.417. The molecule has 0 aliphatic carbocycles. The third-order valence-corrected chi connectivity index (χ3v) is 6.12. The fourth-order valence-electron chi connectivity index (χ4n) is 1.64. The molecule has 0 bridgehead atoms.